The monoisotopic (exact) mass is 521 g/mol. The number of aryl methyl sites for hydroxylation is 2. The third-order valence-corrected chi connectivity index (χ3v) is 6.08. The number of aromatic nitrogens is 2. The summed E-state index contributed by atoms with van der Waals surface area (Å²) < 4.78 is 14.5. The Morgan fingerprint density at radius 3 is 2.50 bits per heavy atom. The molecule has 34 heavy (non-hydrogen) atoms. The van der Waals surface area contributed by atoms with E-state index in [4.69, 9.17) is 14.5 Å². The number of carbonyl (C=O) groups is 1. The van der Waals surface area contributed by atoms with Gasteiger partial charge in [0.15, 0.2) is 11.5 Å². The number of hydrogen-bond donors (Lipinski definition) is 1. The first-order valence-electron chi connectivity index (χ1n) is 11.4. The van der Waals surface area contributed by atoms with Crippen LogP contribution in [0.4, 0.5) is 0 Å². The third kappa shape index (κ3) is 5.97. The van der Waals surface area contributed by atoms with Crippen molar-refractivity contribution < 1.29 is 14.3 Å². The lowest BCUT2D eigenvalue weighted by molar-refractivity contribution is 0.0953. The van der Waals surface area contributed by atoms with Crippen LogP contribution in [0, 0.1) is 0 Å². The zero-order valence-electron chi connectivity index (χ0n) is 19.2. The third-order valence-electron chi connectivity index (χ3n) is 5.56. The van der Waals surface area contributed by atoms with Gasteiger partial charge in [-0.1, -0.05) is 40.2 Å². The van der Waals surface area contributed by atoms with Crippen molar-refractivity contribution in [1.82, 2.24) is 14.9 Å². The van der Waals surface area contributed by atoms with Gasteiger partial charge in [0.1, 0.15) is 5.82 Å². The Hall–Kier alpha value is -3.32. The SMILES string of the molecule is COc1ccccc1OCCCn1c(CCCNC(=O)c2ccc(Br)cc2)nc2ccccc21. The summed E-state index contributed by atoms with van der Waals surface area (Å²) in [6.45, 7) is 1.97. The van der Waals surface area contributed by atoms with Crippen LogP contribution in [0.5, 0.6) is 11.5 Å². The van der Waals surface area contributed by atoms with E-state index in [-0.39, 0.29) is 5.91 Å². The molecule has 1 amide bonds. The summed E-state index contributed by atoms with van der Waals surface area (Å²) in [7, 11) is 1.65. The molecule has 1 aromatic heterocycles. The number of halogens is 1. The molecular weight excluding hydrogens is 494 g/mol. The highest BCUT2D eigenvalue weighted by atomic mass is 79.9. The first-order chi connectivity index (χ1) is 16.7. The van der Waals surface area contributed by atoms with Gasteiger partial charge >= 0.3 is 0 Å². The molecule has 0 spiro atoms. The zero-order chi connectivity index (χ0) is 23.8. The second kappa shape index (κ2) is 11.7. The summed E-state index contributed by atoms with van der Waals surface area (Å²) >= 11 is 3.39. The van der Waals surface area contributed by atoms with Crippen LogP contribution in [-0.2, 0) is 13.0 Å². The van der Waals surface area contributed by atoms with Crippen molar-refractivity contribution >= 4 is 32.9 Å². The van der Waals surface area contributed by atoms with Crippen molar-refractivity contribution in [1.29, 1.82) is 0 Å². The fraction of sp³-hybridized carbons (Fsp3) is 0.259. The number of nitrogens with one attached hydrogen (secondary N) is 1. The molecular formula is C27H28BrN3O3. The van der Waals surface area contributed by atoms with Gasteiger partial charge in [-0.3, -0.25) is 4.79 Å². The molecule has 0 saturated carbocycles. The lowest BCUT2D eigenvalue weighted by atomic mass is 10.2. The van der Waals surface area contributed by atoms with Gasteiger partial charge < -0.3 is 19.4 Å². The van der Waals surface area contributed by atoms with Crippen LogP contribution < -0.4 is 14.8 Å². The van der Waals surface area contributed by atoms with Crippen molar-refractivity contribution in [3.05, 3.63) is 88.7 Å². The van der Waals surface area contributed by atoms with Crippen LogP contribution >= 0.6 is 15.9 Å². The van der Waals surface area contributed by atoms with Gasteiger partial charge in [-0.15, -0.1) is 0 Å². The van der Waals surface area contributed by atoms with E-state index in [1.807, 2.05) is 66.7 Å². The van der Waals surface area contributed by atoms with Crippen LogP contribution in [0.25, 0.3) is 11.0 Å². The molecule has 0 aliphatic carbocycles. The molecule has 0 atom stereocenters. The quantitative estimate of drug-likeness (QED) is 0.259. The summed E-state index contributed by atoms with van der Waals surface area (Å²) in [5.41, 5.74) is 2.77. The van der Waals surface area contributed by atoms with Crippen molar-refractivity contribution in [3.8, 4) is 11.5 Å². The minimum Gasteiger partial charge on any atom is -0.493 e. The Bertz CT molecular complexity index is 1240. The number of ether oxygens (including phenoxy) is 2. The first kappa shape index (κ1) is 23.8. The van der Waals surface area contributed by atoms with E-state index in [2.05, 4.69) is 31.9 Å². The minimum atomic E-state index is -0.0607. The number of hydrogen-bond acceptors (Lipinski definition) is 4. The van der Waals surface area contributed by atoms with Gasteiger partial charge in [0, 0.05) is 29.5 Å². The smallest absolute Gasteiger partial charge is 0.251 e. The fourth-order valence-electron chi connectivity index (χ4n) is 3.86. The first-order valence-corrected chi connectivity index (χ1v) is 12.2. The Kier molecular flexibility index (Phi) is 8.20. The van der Waals surface area contributed by atoms with Gasteiger partial charge in [-0.05, 0) is 61.4 Å². The zero-order valence-corrected chi connectivity index (χ0v) is 20.8. The maximum absolute atomic E-state index is 12.3. The van der Waals surface area contributed by atoms with Crippen LogP contribution in [0.15, 0.2) is 77.3 Å². The second-order valence-corrected chi connectivity index (χ2v) is 8.80. The van der Waals surface area contributed by atoms with Gasteiger partial charge in [-0.2, -0.15) is 0 Å². The number of methoxy groups -OCH3 is 1. The number of rotatable bonds is 11. The molecule has 1 N–H and O–H groups in total. The summed E-state index contributed by atoms with van der Waals surface area (Å²) in [6.07, 6.45) is 2.43. The topological polar surface area (TPSA) is 65.4 Å². The second-order valence-electron chi connectivity index (χ2n) is 7.89. The van der Waals surface area contributed by atoms with Crippen molar-refractivity contribution in [2.75, 3.05) is 20.3 Å². The number of para-hydroxylation sites is 4. The number of imidazole rings is 1. The lowest BCUT2D eigenvalue weighted by Crippen LogP contribution is -2.25. The van der Waals surface area contributed by atoms with E-state index < -0.39 is 0 Å². The number of benzene rings is 3. The van der Waals surface area contributed by atoms with E-state index in [0.29, 0.717) is 18.7 Å². The van der Waals surface area contributed by atoms with E-state index >= 15 is 0 Å². The average molecular weight is 522 g/mol. The molecule has 0 radical (unpaired) electrons. The normalized spacial score (nSPS) is 10.9. The summed E-state index contributed by atoms with van der Waals surface area (Å²) in [6, 6.07) is 23.2. The Morgan fingerprint density at radius 1 is 0.971 bits per heavy atom. The van der Waals surface area contributed by atoms with E-state index in [9.17, 15) is 4.79 Å². The molecule has 4 aromatic rings. The average Bonchev–Trinajstić information content (AvgIpc) is 3.22. The van der Waals surface area contributed by atoms with Gasteiger partial charge in [0.2, 0.25) is 0 Å². The van der Waals surface area contributed by atoms with Crippen LogP contribution in [-0.4, -0.2) is 35.7 Å². The highest BCUT2D eigenvalue weighted by Gasteiger charge is 2.11. The molecule has 0 aliphatic heterocycles. The van der Waals surface area contributed by atoms with Crippen LogP contribution in [0.3, 0.4) is 0 Å². The largest absolute Gasteiger partial charge is 0.493 e. The molecule has 0 bridgehead atoms. The molecule has 6 nitrogen and oxygen atoms in total. The maximum atomic E-state index is 12.3. The van der Waals surface area contributed by atoms with Gasteiger partial charge in [-0.25, -0.2) is 4.98 Å². The molecule has 0 unspecified atom stereocenters. The number of nitrogens with zero attached hydrogens (tertiary/aromatic N) is 2. The van der Waals surface area contributed by atoms with E-state index in [1.165, 1.54) is 0 Å². The van der Waals surface area contributed by atoms with Gasteiger partial charge in [0.05, 0.1) is 24.8 Å². The number of amides is 1. The van der Waals surface area contributed by atoms with Crippen molar-refractivity contribution in [3.63, 3.8) is 0 Å². The van der Waals surface area contributed by atoms with Gasteiger partial charge in [0.25, 0.3) is 5.91 Å². The molecule has 0 fully saturated rings. The predicted molar refractivity (Wildman–Crippen MR) is 138 cm³/mol. The van der Waals surface area contributed by atoms with Crippen LogP contribution in [0.2, 0.25) is 0 Å². The standard InChI is InChI=1S/C27H28BrN3O3/c1-33-24-10-4-5-11-25(24)34-19-7-18-31-23-9-3-2-8-22(23)30-26(31)12-6-17-29-27(32)20-13-15-21(28)16-14-20/h2-5,8-11,13-16H,6-7,12,17-19H2,1H3,(H,29,32). The Morgan fingerprint density at radius 2 is 1.71 bits per heavy atom. The highest BCUT2D eigenvalue weighted by molar-refractivity contribution is 9.10. The fourth-order valence-corrected chi connectivity index (χ4v) is 4.12. The molecule has 3 aromatic carbocycles. The molecule has 7 heteroatoms. The molecule has 0 saturated heterocycles. The Balaban J connectivity index is 1.33. The number of fused-ring (bicyclic) bond motifs is 1. The molecule has 4 rings (SSSR count). The Labute approximate surface area is 208 Å². The summed E-state index contributed by atoms with van der Waals surface area (Å²) in [5.74, 6) is 2.45. The van der Waals surface area contributed by atoms with E-state index in [0.717, 1.165) is 58.6 Å². The lowest BCUT2D eigenvalue weighted by Gasteiger charge is -2.12. The van der Waals surface area contributed by atoms with Crippen molar-refractivity contribution in [2.45, 2.75) is 25.8 Å². The minimum absolute atomic E-state index is 0.0607. The highest BCUT2D eigenvalue weighted by Crippen LogP contribution is 2.26. The summed E-state index contributed by atoms with van der Waals surface area (Å²) in [4.78, 5) is 17.2. The van der Waals surface area contributed by atoms with Crippen LogP contribution in [0.1, 0.15) is 29.0 Å². The molecule has 1 heterocycles. The van der Waals surface area contributed by atoms with Crippen molar-refractivity contribution in [2.24, 2.45) is 0 Å². The summed E-state index contributed by atoms with van der Waals surface area (Å²) in [5, 5.41) is 3.00. The molecule has 0 aliphatic rings. The number of carbonyl (C=O) groups excluding carboxylic acids is 1. The van der Waals surface area contributed by atoms with E-state index in [1.54, 1.807) is 7.11 Å². The predicted octanol–water partition coefficient (Wildman–Crippen LogP) is 5.64. The maximum Gasteiger partial charge on any atom is 0.251 e. The molecule has 176 valence electrons.